The Morgan fingerprint density at radius 1 is 0.968 bits per heavy atom. The predicted molar refractivity (Wildman–Crippen MR) is 112 cm³/mol. The Bertz CT molecular complexity index is 1320. The predicted octanol–water partition coefficient (Wildman–Crippen LogP) is 4.04. The van der Waals surface area contributed by atoms with Crippen LogP contribution in [0.15, 0.2) is 66.7 Å². The van der Waals surface area contributed by atoms with E-state index in [-0.39, 0.29) is 23.1 Å². The average molecular weight is 417 g/mol. The molecule has 0 amide bonds. The molecule has 0 bridgehead atoms. The quantitative estimate of drug-likeness (QED) is 0.354. The van der Waals surface area contributed by atoms with Crippen molar-refractivity contribution in [2.75, 3.05) is 6.61 Å². The molecule has 0 spiro atoms. The maximum Gasteiger partial charge on any atom is 0.341 e. The molecule has 2 N–H and O–H groups in total. The zero-order valence-electron chi connectivity index (χ0n) is 15.9. The molecule has 9 heteroatoms. The molecule has 0 saturated carbocycles. The zero-order valence-corrected chi connectivity index (χ0v) is 15.9. The molecule has 31 heavy (non-hydrogen) atoms. The van der Waals surface area contributed by atoms with Crippen molar-refractivity contribution >= 4 is 22.4 Å². The van der Waals surface area contributed by atoms with Crippen LogP contribution in [0.5, 0.6) is 11.6 Å². The number of ether oxygens (including phenoxy) is 1. The van der Waals surface area contributed by atoms with E-state index in [0.29, 0.717) is 16.8 Å². The SMILES string of the molecule is O=C(O)COc1cc(-c2cccc([N+](=O)[O-])c2)nc(-c2ccc3cc(O)ccc3c2)n1. The van der Waals surface area contributed by atoms with E-state index in [0.717, 1.165) is 10.8 Å². The highest BCUT2D eigenvalue weighted by atomic mass is 16.6. The lowest BCUT2D eigenvalue weighted by molar-refractivity contribution is -0.384. The van der Waals surface area contributed by atoms with Crippen LogP contribution < -0.4 is 4.74 Å². The van der Waals surface area contributed by atoms with Gasteiger partial charge in [-0.15, -0.1) is 0 Å². The number of phenols is 1. The highest BCUT2D eigenvalue weighted by Crippen LogP contribution is 2.30. The number of nitro benzene ring substituents is 1. The number of non-ortho nitro benzene ring substituents is 1. The molecule has 1 aromatic heterocycles. The molecule has 0 atom stereocenters. The number of nitro groups is 1. The number of phenolic OH excluding ortho intramolecular Hbond substituents is 1. The Morgan fingerprint density at radius 2 is 1.74 bits per heavy atom. The summed E-state index contributed by atoms with van der Waals surface area (Å²) in [5, 5.41) is 31.4. The minimum atomic E-state index is -1.16. The summed E-state index contributed by atoms with van der Waals surface area (Å²) in [7, 11) is 0. The fourth-order valence-corrected chi connectivity index (χ4v) is 3.06. The van der Waals surface area contributed by atoms with Crippen molar-refractivity contribution in [1.82, 2.24) is 9.97 Å². The second kappa shape index (κ2) is 8.07. The van der Waals surface area contributed by atoms with Crippen LogP contribution >= 0.6 is 0 Å². The van der Waals surface area contributed by atoms with Gasteiger partial charge in [0.05, 0.1) is 10.6 Å². The Hall–Kier alpha value is -4.53. The lowest BCUT2D eigenvalue weighted by atomic mass is 10.1. The zero-order chi connectivity index (χ0) is 22.0. The second-order valence-corrected chi connectivity index (χ2v) is 6.65. The molecule has 0 fully saturated rings. The monoisotopic (exact) mass is 417 g/mol. The van der Waals surface area contributed by atoms with Crippen molar-refractivity contribution in [1.29, 1.82) is 0 Å². The van der Waals surface area contributed by atoms with E-state index >= 15 is 0 Å². The minimum Gasteiger partial charge on any atom is -0.508 e. The summed E-state index contributed by atoms with van der Waals surface area (Å²) in [4.78, 5) is 30.4. The van der Waals surface area contributed by atoms with E-state index in [2.05, 4.69) is 9.97 Å². The number of aromatic nitrogens is 2. The van der Waals surface area contributed by atoms with Crippen molar-refractivity contribution in [3.63, 3.8) is 0 Å². The first-order valence-corrected chi connectivity index (χ1v) is 9.11. The smallest absolute Gasteiger partial charge is 0.341 e. The highest BCUT2D eigenvalue weighted by Gasteiger charge is 2.14. The van der Waals surface area contributed by atoms with E-state index in [4.69, 9.17) is 9.84 Å². The second-order valence-electron chi connectivity index (χ2n) is 6.65. The molecule has 4 aromatic rings. The van der Waals surface area contributed by atoms with Gasteiger partial charge < -0.3 is 14.9 Å². The summed E-state index contributed by atoms with van der Waals surface area (Å²) in [6.07, 6.45) is 0. The maximum atomic E-state index is 11.1. The minimum absolute atomic E-state index is 0.0275. The van der Waals surface area contributed by atoms with Crippen LogP contribution in [-0.4, -0.2) is 37.7 Å². The van der Waals surface area contributed by atoms with E-state index in [1.54, 1.807) is 36.4 Å². The van der Waals surface area contributed by atoms with E-state index in [1.165, 1.54) is 24.3 Å². The Kier molecular flexibility index (Phi) is 5.15. The number of fused-ring (bicyclic) bond motifs is 1. The lowest BCUT2D eigenvalue weighted by Gasteiger charge is -2.10. The molecule has 0 aliphatic heterocycles. The number of carboxylic acid groups (broad SMARTS) is 1. The fraction of sp³-hybridized carbons (Fsp3) is 0.0455. The molecule has 0 radical (unpaired) electrons. The maximum absolute atomic E-state index is 11.1. The molecule has 154 valence electrons. The molecular formula is C22H15N3O6. The van der Waals surface area contributed by atoms with Gasteiger partial charge in [0.2, 0.25) is 5.88 Å². The van der Waals surface area contributed by atoms with Gasteiger partial charge in [-0.05, 0) is 29.0 Å². The Balaban J connectivity index is 1.83. The van der Waals surface area contributed by atoms with E-state index in [9.17, 15) is 20.0 Å². The van der Waals surface area contributed by atoms with Crippen molar-refractivity contribution in [2.45, 2.75) is 0 Å². The number of carbonyl (C=O) groups is 1. The van der Waals surface area contributed by atoms with Gasteiger partial charge >= 0.3 is 5.97 Å². The van der Waals surface area contributed by atoms with Gasteiger partial charge in [0.25, 0.3) is 5.69 Å². The Morgan fingerprint density at radius 3 is 2.52 bits per heavy atom. The van der Waals surface area contributed by atoms with E-state index < -0.39 is 17.5 Å². The number of hydrogen-bond acceptors (Lipinski definition) is 7. The van der Waals surface area contributed by atoms with Crippen molar-refractivity contribution < 1.29 is 24.7 Å². The molecule has 3 aromatic carbocycles. The first kappa shape index (κ1) is 19.8. The van der Waals surface area contributed by atoms with Crippen LogP contribution in [-0.2, 0) is 4.79 Å². The third-order valence-electron chi connectivity index (χ3n) is 4.48. The molecule has 0 saturated heterocycles. The molecule has 1 heterocycles. The normalized spacial score (nSPS) is 10.7. The van der Waals surface area contributed by atoms with Gasteiger partial charge in [0.15, 0.2) is 12.4 Å². The third kappa shape index (κ3) is 4.40. The van der Waals surface area contributed by atoms with Gasteiger partial charge in [-0.3, -0.25) is 10.1 Å². The van der Waals surface area contributed by atoms with Crippen LogP contribution in [0.2, 0.25) is 0 Å². The molecular weight excluding hydrogens is 402 g/mol. The summed E-state index contributed by atoms with van der Waals surface area (Å²) in [5.41, 5.74) is 1.34. The van der Waals surface area contributed by atoms with Crippen molar-refractivity contribution in [3.05, 3.63) is 76.8 Å². The van der Waals surface area contributed by atoms with Crippen LogP contribution in [0.4, 0.5) is 5.69 Å². The molecule has 0 unspecified atom stereocenters. The molecule has 4 rings (SSSR count). The largest absolute Gasteiger partial charge is 0.508 e. The molecule has 0 aliphatic carbocycles. The molecule has 0 aliphatic rings. The molecule has 9 nitrogen and oxygen atoms in total. The van der Waals surface area contributed by atoms with Crippen LogP contribution in [0.3, 0.4) is 0 Å². The van der Waals surface area contributed by atoms with Gasteiger partial charge in [-0.25, -0.2) is 9.78 Å². The number of carboxylic acids is 1. The Labute approximate surface area is 175 Å². The van der Waals surface area contributed by atoms with Crippen LogP contribution in [0, 0.1) is 10.1 Å². The summed E-state index contributed by atoms with van der Waals surface area (Å²) >= 11 is 0. The average Bonchev–Trinajstić information content (AvgIpc) is 2.77. The lowest BCUT2D eigenvalue weighted by Crippen LogP contribution is -2.11. The number of aromatic hydroxyl groups is 1. The number of rotatable bonds is 6. The first-order valence-electron chi connectivity index (χ1n) is 9.11. The first-order chi connectivity index (χ1) is 14.9. The fourth-order valence-electron chi connectivity index (χ4n) is 3.06. The van der Waals surface area contributed by atoms with Crippen molar-refractivity contribution in [2.24, 2.45) is 0 Å². The number of nitrogens with zero attached hydrogens (tertiary/aromatic N) is 3. The van der Waals surface area contributed by atoms with Crippen LogP contribution in [0.25, 0.3) is 33.4 Å². The standard InChI is InChI=1S/C22H15N3O6/c26-18-7-6-13-8-16(5-4-14(13)10-18)22-23-19(11-20(24-22)31-12-21(27)28)15-2-1-3-17(9-15)25(29)30/h1-11,26H,12H2,(H,27,28). The van der Waals surface area contributed by atoms with Gasteiger partial charge in [0, 0.05) is 29.3 Å². The summed E-state index contributed by atoms with van der Waals surface area (Å²) < 4.78 is 5.26. The highest BCUT2D eigenvalue weighted by molar-refractivity contribution is 5.87. The third-order valence-corrected chi connectivity index (χ3v) is 4.48. The topological polar surface area (TPSA) is 136 Å². The van der Waals surface area contributed by atoms with E-state index in [1.807, 2.05) is 6.07 Å². The number of aliphatic carboxylic acids is 1. The van der Waals surface area contributed by atoms with Gasteiger partial charge in [-0.2, -0.15) is 4.98 Å². The van der Waals surface area contributed by atoms with Crippen molar-refractivity contribution in [3.8, 4) is 34.3 Å². The summed E-state index contributed by atoms with van der Waals surface area (Å²) in [6.45, 7) is -0.595. The summed E-state index contributed by atoms with van der Waals surface area (Å²) in [6, 6.07) is 17.7. The van der Waals surface area contributed by atoms with Gasteiger partial charge in [0.1, 0.15) is 5.75 Å². The van der Waals surface area contributed by atoms with Crippen LogP contribution in [0.1, 0.15) is 0 Å². The van der Waals surface area contributed by atoms with Gasteiger partial charge in [-0.1, -0.05) is 30.3 Å². The number of hydrogen-bond donors (Lipinski definition) is 2. The summed E-state index contributed by atoms with van der Waals surface area (Å²) in [5.74, 6) is -0.727. The number of benzene rings is 3.